The second-order valence-corrected chi connectivity index (χ2v) is 7.29. The summed E-state index contributed by atoms with van der Waals surface area (Å²) in [5.74, 6) is -1.72. The summed E-state index contributed by atoms with van der Waals surface area (Å²) in [4.78, 5) is 40.7. The Morgan fingerprint density at radius 3 is 2.55 bits per heavy atom. The Bertz CT molecular complexity index is 954. The third-order valence-corrected chi connectivity index (χ3v) is 5.08. The quantitative estimate of drug-likeness (QED) is 0.727. The largest absolute Gasteiger partial charge is 0.457 e. The van der Waals surface area contributed by atoms with Gasteiger partial charge in [-0.3, -0.25) is 18.9 Å². The summed E-state index contributed by atoms with van der Waals surface area (Å²) in [6.45, 7) is 0.572. The van der Waals surface area contributed by atoms with Gasteiger partial charge in [0.05, 0.1) is 13.2 Å². The van der Waals surface area contributed by atoms with E-state index in [1.165, 1.54) is 0 Å². The van der Waals surface area contributed by atoms with E-state index in [2.05, 4.69) is 10.3 Å². The maximum Gasteiger partial charge on any atom is 0.371 e. The summed E-state index contributed by atoms with van der Waals surface area (Å²) >= 11 is 0. The summed E-state index contributed by atoms with van der Waals surface area (Å²) in [5.41, 5.74) is 1.03. The zero-order valence-electron chi connectivity index (χ0n) is 16.8. The highest BCUT2D eigenvalue weighted by Crippen LogP contribution is 2.26. The predicted octanol–water partition coefficient (Wildman–Crippen LogP) is 3.13. The van der Waals surface area contributed by atoms with Crippen molar-refractivity contribution in [3.8, 4) is 11.5 Å². The molecule has 0 aliphatic carbocycles. The van der Waals surface area contributed by atoms with Crippen molar-refractivity contribution in [1.29, 1.82) is 0 Å². The van der Waals surface area contributed by atoms with Crippen LogP contribution in [0.4, 0.5) is 8.92 Å². The van der Waals surface area contributed by atoms with Crippen LogP contribution in [0.3, 0.4) is 0 Å². The number of benzene rings is 2. The normalized spacial score (nSPS) is 17.8. The van der Waals surface area contributed by atoms with Crippen LogP contribution < -0.4 is 10.1 Å². The van der Waals surface area contributed by atoms with E-state index in [0.29, 0.717) is 17.1 Å². The summed E-state index contributed by atoms with van der Waals surface area (Å²) in [6.07, 6.45) is -0.0268. The van der Waals surface area contributed by atoms with Crippen LogP contribution in [0.15, 0.2) is 48.5 Å². The van der Waals surface area contributed by atoms with Gasteiger partial charge in [0.2, 0.25) is 5.91 Å². The van der Waals surface area contributed by atoms with E-state index in [1.54, 1.807) is 25.1 Å². The molecule has 31 heavy (non-hydrogen) atoms. The average molecular weight is 432 g/mol. The van der Waals surface area contributed by atoms with Crippen LogP contribution in [0.5, 0.6) is 11.5 Å². The molecule has 1 N–H and O–H groups in total. The molecular weight excluding hydrogens is 410 g/mol. The molecule has 164 valence electrons. The fourth-order valence-electron chi connectivity index (χ4n) is 3.47. The van der Waals surface area contributed by atoms with E-state index >= 15 is 0 Å². The first-order chi connectivity index (χ1) is 14.9. The van der Waals surface area contributed by atoms with Gasteiger partial charge in [0.25, 0.3) is 5.91 Å². The fraction of sp³-hybridized carbons (Fsp3) is 0.318. The fourth-order valence-corrected chi connectivity index (χ4v) is 3.47. The molecular formula is C22H22F2N2O5. The summed E-state index contributed by atoms with van der Waals surface area (Å²) in [6, 6.07) is 12.8. The first kappa shape index (κ1) is 22.2. The molecule has 1 fully saturated rings. The topological polar surface area (TPSA) is 84.9 Å². The number of hydrogen-bond acceptors (Lipinski definition) is 5. The van der Waals surface area contributed by atoms with Crippen molar-refractivity contribution in [3.63, 3.8) is 0 Å². The molecule has 0 aromatic heterocycles. The van der Waals surface area contributed by atoms with Crippen molar-refractivity contribution in [2.45, 2.75) is 19.4 Å². The van der Waals surface area contributed by atoms with Crippen molar-refractivity contribution >= 4 is 17.8 Å². The van der Waals surface area contributed by atoms with E-state index in [-0.39, 0.29) is 13.0 Å². The number of nitrogens with zero attached hydrogens (tertiary/aromatic N) is 1. The minimum atomic E-state index is -1.25. The average Bonchev–Trinajstić information content (AvgIpc) is 3.23. The Morgan fingerprint density at radius 1 is 1.16 bits per heavy atom. The first-order valence-corrected chi connectivity index (χ1v) is 9.72. The van der Waals surface area contributed by atoms with Gasteiger partial charge in [-0.05, 0) is 49.2 Å². The summed E-state index contributed by atoms with van der Waals surface area (Å²) in [5, 5.41) is 2.47. The number of aryl methyl sites for hydroxylation is 1. The second-order valence-electron chi connectivity index (χ2n) is 7.29. The highest BCUT2D eigenvalue weighted by molar-refractivity contribution is 5.97. The molecule has 2 aromatic rings. The molecule has 1 aliphatic rings. The lowest BCUT2D eigenvalue weighted by Gasteiger charge is -2.21. The minimum absolute atomic E-state index is 0.0268. The summed E-state index contributed by atoms with van der Waals surface area (Å²) in [7, 11) is 0. The number of alkyl halides is 1. The lowest BCUT2D eigenvalue weighted by atomic mass is 10.1. The smallest absolute Gasteiger partial charge is 0.371 e. The van der Waals surface area contributed by atoms with Crippen LogP contribution in [0.2, 0.25) is 0 Å². The Morgan fingerprint density at radius 2 is 1.90 bits per heavy atom. The first-order valence-electron chi connectivity index (χ1n) is 9.72. The number of carbonyl (C=O) groups is 3. The Hall–Kier alpha value is -3.49. The van der Waals surface area contributed by atoms with Gasteiger partial charge in [-0.2, -0.15) is 0 Å². The standard InChI is InChI=1S/C22H22F2N2O5/c1-14-9-16(7-8-19(14)30-17-5-3-2-4-6-17)21(28)25-12-20(27)26-13-15(11-23)10-18(26)22(29)31-24/h2-9,15,18H,10-13H2,1H3,(H,25,28). The molecule has 3 rings (SSSR count). The van der Waals surface area contributed by atoms with Gasteiger partial charge in [0, 0.05) is 22.6 Å². The number of rotatable bonds is 7. The van der Waals surface area contributed by atoms with Gasteiger partial charge in [-0.15, -0.1) is 0 Å². The molecule has 2 unspecified atom stereocenters. The van der Waals surface area contributed by atoms with E-state index < -0.39 is 43.0 Å². The third-order valence-electron chi connectivity index (χ3n) is 5.08. The van der Waals surface area contributed by atoms with Crippen LogP contribution >= 0.6 is 0 Å². The molecule has 0 radical (unpaired) electrons. The molecule has 7 nitrogen and oxygen atoms in total. The van der Waals surface area contributed by atoms with Crippen molar-refractivity contribution in [1.82, 2.24) is 10.2 Å². The predicted molar refractivity (Wildman–Crippen MR) is 107 cm³/mol. The number of likely N-dealkylation sites (tertiary alicyclic amines) is 1. The molecule has 1 heterocycles. The second kappa shape index (κ2) is 10.0. The zero-order chi connectivity index (χ0) is 22.4. The molecule has 0 bridgehead atoms. The Kier molecular flexibility index (Phi) is 7.17. The van der Waals surface area contributed by atoms with Gasteiger partial charge in [-0.25, -0.2) is 4.79 Å². The van der Waals surface area contributed by atoms with Crippen molar-refractivity contribution in [2.24, 2.45) is 5.92 Å². The molecule has 0 spiro atoms. The molecule has 0 saturated carbocycles. The van der Waals surface area contributed by atoms with Crippen LogP contribution in [0.25, 0.3) is 0 Å². The number of hydrogen-bond donors (Lipinski definition) is 1. The van der Waals surface area contributed by atoms with Gasteiger partial charge >= 0.3 is 5.97 Å². The van der Waals surface area contributed by atoms with Crippen LogP contribution in [-0.4, -0.2) is 48.5 Å². The Labute approximate surface area is 177 Å². The number of halogens is 2. The zero-order valence-corrected chi connectivity index (χ0v) is 16.8. The van der Waals surface area contributed by atoms with Crippen LogP contribution in [-0.2, 0) is 14.5 Å². The van der Waals surface area contributed by atoms with Gasteiger partial charge in [0.15, 0.2) is 0 Å². The number of carbonyl (C=O) groups excluding carboxylic acids is 3. The number of amides is 2. The minimum Gasteiger partial charge on any atom is -0.457 e. The number of ether oxygens (including phenoxy) is 1. The summed E-state index contributed by atoms with van der Waals surface area (Å²) < 4.78 is 31.0. The Balaban J connectivity index is 1.60. The van der Waals surface area contributed by atoms with Crippen LogP contribution in [0.1, 0.15) is 22.3 Å². The molecule has 1 saturated heterocycles. The van der Waals surface area contributed by atoms with Gasteiger partial charge in [0.1, 0.15) is 17.5 Å². The van der Waals surface area contributed by atoms with Crippen molar-refractivity contribution in [2.75, 3.05) is 19.8 Å². The molecule has 2 aromatic carbocycles. The number of para-hydroxylation sites is 1. The van der Waals surface area contributed by atoms with E-state index in [1.807, 2.05) is 30.3 Å². The van der Waals surface area contributed by atoms with Gasteiger partial charge in [-0.1, -0.05) is 18.2 Å². The van der Waals surface area contributed by atoms with E-state index in [4.69, 9.17) is 4.74 Å². The SMILES string of the molecule is Cc1cc(C(=O)NCC(=O)N2CC(CF)CC2C(=O)OF)ccc1Oc1ccccc1. The maximum atomic E-state index is 13.0. The highest BCUT2D eigenvalue weighted by Gasteiger charge is 2.41. The maximum absolute atomic E-state index is 13.0. The van der Waals surface area contributed by atoms with Crippen molar-refractivity contribution in [3.05, 3.63) is 59.7 Å². The molecule has 9 heteroatoms. The number of nitrogens with one attached hydrogen (secondary N) is 1. The van der Waals surface area contributed by atoms with Gasteiger partial charge < -0.3 is 15.0 Å². The molecule has 2 atom stereocenters. The monoisotopic (exact) mass is 432 g/mol. The highest BCUT2D eigenvalue weighted by atomic mass is 19.3. The molecule has 1 aliphatic heterocycles. The third kappa shape index (κ3) is 5.36. The van der Waals surface area contributed by atoms with Crippen LogP contribution in [0, 0.1) is 12.8 Å². The van der Waals surface area contributed by atoms with E-state index in [9.17, 15) is 23.3 Å². The van der Waals surface area contributed by atoms with Crippen molar-refractivity contribution < 1.29 is 33.0 Å². The lowest BCUT2D eigenvalue weighted by Crippen LogP contribution is -2.45. The van der Waals surface area contributed by atoms with E-state index in [0.717, 1.165) is 10.5 Å². The molecule has 2 amide bonds. The lowest BCUT2D eigenvalue weighted by molar-refractivity contribution is -0.190.